The molecule has 16 nitrogen and oxygen atoms in total. The van der Waals surface area contributed by atoms with Crippen LogP contribution in [0.3, 0.4) is 0 Å². The Bertz CT molecular complexity index is 2830. The second kappa shape index (κ2) is 17.1. The van der Waals surface area contributed by atoms with Gasteiger partial charge in [-0.05, 0) is 92.1 Å². The molecule has 1 atom stereocenters. The number of fused-ring (bicyclic) bond motifs is 2. The number of amides is 6. The van der Waals surface area contributed by atoms with E-state index in [9.17, 15) is 29.1 Å². The average molecular weight is 945 g/mol. The van der Waals surface area contributed by atoms with Crippen LogP contribution in [0.15, 0.2) is 72.5 Å². The number of likely N-dealkylation sites (tertiary alicyclic amines) is 1. The fourth-order valence-electron chi connectivity index (χ4n) is 11.0. The lowest BCUT2D eigenvalue weighted by molar-refractivity contribution is -0.150. The number of urea groups is 1. The second-order valence-corrected chi connectivity index (χ2v) is 20.0. The molecule has 4 saturated heterocycles. The van der Waals surface area contributed by atoms with Gasteiger partial charge in [-0.15, -0.1) is 11.3 Å². The van der Waals surface area contributed by atoms with Gasteiger partial charge in [0.05, 0.1) is 36.3 Å². The topological polar surface area (TPSA) is 177 Å². The maximum atomic E-state index is 16.0. The van der Waals surface area contributed by atoms with Crippen LogP contribution in [0, 0.1) is 17.0 Å². The number of carbonyl (C=O) groups excluding carboxylic acids is 5. The molecule has 6 amide bonds. The van der Waals surface area contributed by atoms with Crippen LogP contribution >= 0.6 is 11.3 Å². The third-order valence-electron chi connectivity index (χ3n) is 14.9. The number of nitrogens with one attached hydrogen (secondary N) is 2. The fraction of sp³-hybridized carbons (Fsp3) is 0.408. The first-order chi connectivity index (χ1) is 32.8. The number of aliphatic hydroxyl groups is 1. The van der Waals surface area contributed by atoms with Crippen molar-refractivity contribution < 1.29 is 37.9 Å². The number of rotatable bonds is 10. The molecular formula is C49H50F2N10O6S. The molecule has 3 aromatic carbocycles. The Hall–Kier alpha value is -6.73. The van der Waals surface area contributed by atoms with Gasteiger partial charge in [-0.2, -0.15) is 0 Å². The number of carbonyl (C=O) groups is 5. The van der Waals surface area contributed by atoms with Gasteiger partial charge in [-0.1, -0.05) is 12.1 Å². The van der Waals surface area contributed by atoms with Gasteiger partial charge in [0.25, 0.3) is 11.8 Å². The zero-order valence-electron chi connectivity index (χ0n) is 37.3. The number of halogens is 2. The predicted octanol–water partition coefficient (Wildman–Crippen LogP) is 5.86. The van der Waals surface area contributed by atoms with Gasteiger partial charge >= 0.3 is 6.03 Å². The molecule has 6 aliphatic heterocycles. The van der Waals surface area contributed by atoms with Crippen molar-refractivity contribution in [2.45, 2.75) is 76.1 Å². The van der Waals surface area contributed by atoms with Crippen LogP contribution < -0.4 is 25.3 Å². The number of imidazole rings is 1. The molecule has 0 saturated carbocycles. The Balaban J connectivity index is 0.678. The summed E-state index contributed by atoms with van der Waals surface area (Å²) in [6.07, 6.45) is 7.51. The number of hydrogen-bond acceptors (Lipinski definition) is 11. The van der Waals surface area contributed by atoms with E-state index in [0.717, 1.165) is 62.3 Å². The summed E-state index contributed by atoms with van der Waals surface area (Å²) in [6.45, 7) is 4.52. The Morgan fingerprint density at radius 3 is 2.31 bits per heavy atom. The largest absolute Gasteiger partial charge is 0.389 e. The number of benzene rings is 3. The molecule has 19 heteroatoms. The molecule has 1 unspecified atom stereocenters. The molecule has 11 rings (SSSR count). The van der Waals surface area contributed by atoms with Crippen molar-refractivity contribution in [3.8, 4) is 11.1 Å². The summed E-state index contributed by atoms with van der Waals surface area (Å²) in [5.41, 5.74) is 3.77. The first-order valence-electron chi connectivity index (χ1n) is 23.2. The molecule has 3 N–H and O–H groups in total. The highest BCUT2D eigenvalue weighted by Gasteiger charge is 2.48. The van der Waals surface area contributed by atoms with E-state index in [1.807, 2.05) is 38.6 Å². The van der Waals surface area contributed by atoms with Crippen LogP contribution in [-0.2, 0) is 33.9 Å². The molecule has 6 aliphatic rings. The number of piperidine rings is 2. The van der Waals surface area contributed by atoms with Gasteiger partial charge < -0.3 is 29.3 Å². The van der Waals surface area contributed by atoms with E-state index < -0.39 is 41.1 Å². The molecule has 68 heavy (non-hydrogen) atoms. The number of imide groups is 1. The van der Waals surface area contributed by atoms with Crippen molar-refractivity contribution in [2.24, 2.45) is 5.41 Å². The first-order valence-corrected chi connectivity index (χ1v) is 24.1. The zero-order chi connectivity index (χ0) is 46.9. The minimum Gasteiger partial charge on any atom is -0.389 e. The molecule has 352 valence electrons. The number of aryl methyl sites for hydroxylation is 1. The maximum absolute atomic E-state index is 16.0. The van der Waals surface area contributed by atoms with Gasteiger partial charge in [-0.25, -0.2) is 23.5 Å². The van der Waals surface area contributed by atoms with Crippen LogP contribution in [0.5, 0.6) is 0 Å². The molecule has 2 aromatic heterocycles. The highest BCUT2D eigenvalue weighted by molar-refractivity contribution is 7.13. The molecule has 0 bridgehead atoms. The van der Waals surface area contributed by atoms with E-state index in [4.69, 9.17) is 0 Å². The monoisotopic (exact) mass is 944 g/mol. The summed E-state index contributed by atoms with van der Waals surface area (Å²) >= 11 is 1.27. The Morgan fingerprint density at radius 1 is 0.838 bits per heavy atom. The highest BCUT2D eigenvalue weighted by Crippen LogP contribution is 2.44. The highest BCUT2D eigenvalue weighted by atomic mass is 32.1. The minimum absolute atomic E-state index is 0.0127. The van der Waals surface area contributed by atoms with E-state index in [-0.39, 0.29) is 54.3 Å². The molecule has 0 aliphatic carbocycles. The molecule has 4 fully saturated rings. The maximum Gasteiger partial charge on any atom is 0.328 e. The van der Waals surface area contributed by atoms with E-state index in [1.165, 1.54) is 33.3 Å². The molecular weight excluding hydrogens is 895 g/mol. The summed E-state index contributed by atoms with van der Waals surface area (Å²) in [5, 5.41) is 18.7. The lowest BCUT2D eigenvalue weighted by Gasteiger charge is -2.55. The van der Waals surface area contributed by atoms with Crippen LogP contribution in [-0.4, -0.2) is 111 Å². The van der Waals surface area contributed by atoms with Crippen LogP contribution in [0.1, 0.15) is 78.3 Å². The van der Waals surface area contributed by atoms with Gasteiger partial charge in [-0.3, -0.25) is 34.7 Å². The van der Waals surface area contributed by atoms with E-state index >= 15 is 8.78 Å². The number of anilines is 4. The molecule has 0 radical (unpaired) electrons. The normalized spacial score (nSPS) is 20.0. The number of thiazole rings is 1. The third-order valence-corrected chi connectivity index (χ3v) is 15.6. The van der Waals surface area contributed by atoms with Crippen molar-refractivity contribution in [1.82, 2.24) is 29.7 Å². The van der Waals surface area contributed by atoms with E-state index in [0.29, 0.717) is 66.8 Å². The van der Waals surface area contributed by atoms with Crippen molar-refractivity contribution in [1.29, 1.82) is 0 Å². The van der Waals surface area contributed by atoms with Crippen molar-refractivity contribution >= 4 is 63.2 Å². The summed E-state index contributed by atoms with van der Waals surface area (Å²) < 4.78 is 33.3. The molecule has 5 aromatic rings. The summed E-state index contributed by atoms with van der Waals surface area (Å²) in [6, 6.07) is 14.0. The zero-order valence-corrected chi connectivity index (χ0v) is 38.1. The Labute approximate surface area is 394 Å². The van der Waals surface area contributed by atoms with Gasteiger partial charge in [0.1, 0.15) is 11.6 Å². The summed E-state index contributed by atoms with van der Waals surface area (Å²) in [4.78, 5) is 82.8. The third kappa shape index (κ3) is 8.03. The molecule has 8 heterocycles. The number of aromatic nitrogens is 3. The van der Waals surface area contributed by atoms with E-state index in [2.05, 4.69) is 25.5 Å². The first kappa shape index (κ1) is 43.8. The number of nitrogens with zero attached hydrogens (tertiary/aromatic N) is 8. The van der Waals surface area contributed by atoms with Gasteiger partial charge in [0.15, 0.2) is 11.2 Å². The van der Waals surface area contributed by atoms with Crippen molar-refractivity contribution in [2.75, 3.05) is 65.8 Å². The lowest BCUT2D eigenvalue weighted by Crippen LogP contribution is -2.62. The molecule has 1 spiro atoms. The van der Waals surface area contributed by atoms with Gasteiger partial charge in [0, 0.05) is 104 Å². The van der Waals surface area contributed by atoms with Crippen LogP contribution in [0.25, 0.3) is 11.1 Å². The van der Waals surface area contributed by atoms with Crippen LogP contribution in [0.2, 0.25) is 0 Å². The summed E-state index contributed by atoms with van der Waals surface area (Å²) in [5.74, 6) is -2.33. The van der Waals surface area contributed by atoms with Crippen molar-refractivity contribution in [3.63, 3.8) is 0 Å². The Kier molecular flexibility index (Phi) is 11.0. The number of hydrogen-bond donors (Lipinski definition) is 3. The predicted molar refractivity (Wildman–Crippen MR) is 249 cm³/mol. The van der Waals surface area contributed by atoms with Gasteiger partial charge in [0.2, 0.25) is 11.8 Å². The summed E-state index contributed by atoms with van der Waals surface area (Å²) in [7, 11) is 0. The lowest BCUT2D eigenvalue weighted by atomic mass is 9.71. The SMILES string of the molecule is O=C1CCN(c2ccc(N3CCC(O)(CC(=O)N4CC5(CCN(c6ccc(-c7cc(F)c8c(c7)C(=O)N(C(C(=O)Nc7nccs7)c7ncn9c7CCC9)C8)cc6)CC5)C4)CC3)c(F)c2)C(=O)N1. The van der Waals surface area contributed by atoms with Crippen molar-refractivity contribution in [3.05, 3.63) is 107 Å². The standard InChI is InChI=1S/C49H50F2N10O6S/c50-36-23-31(22-34-35(36)26-61(45(34)65)43(44(64)55-46-52-14-21-68-46)42-39-2-1-15-58(39)29-53-42)30-3-5-32(6-4-30)56-17-10-48(11-18-56)27-59(28-48)41(63)25-49(67)12-19-57(20-13-49)38-8-7-33(24-37(38)51)60-16-9-40(62)54-47(60)66/h3-8,14,21-24,29,43,67H,1-2,9-13,15-20,25-28H2,(H,52,55,64)(H,54,62,66). The van der Waals surface area contributed by atoms with E-state index in [1.54, 1.807) is 36.1 Å². The average Bonchev–Trinajstić information content (AvgIpc) is 4.14. The van der Waals surface area contributed by atoms with Crippen LogP contribution in [0.4, 0.5) is 35.8 Å². The second-order valence-electron chi connectivity index (χ2n) is 19.1. The Morgan fingerprint density at radius 2 is 1.59 bits per heavy atom. The smallest absolute Gasteiger partial charge is 0.328 e. The minimum atomic E-state index is -1.19. The fourth-order valence-corrected chi connectivity index (χ4v) is 11.5. The quantitative estimate of drug-likeness (QED) is 0.154.